The lowest BCUT2D eigenvalue weighted by Gasteiger charge is -2.38. The Balaban J connectivity index is 1.54. The molecular weight excluding hydrogens is 336 g/mol. The Morgan fingerprint density at radius 2 is 2.08 bits per heavy atom. The van der Waals surface area contributed by atoms with Crippen LogP contribution in [0, 0.1) is 0 Å². The molecular formula is C19H23ClN4O. The molecule has 0 spiro atoms. The maximum atomic E-state index is 12.9. The summed E-state index contributed by atoms with van der Waals surface area (Å²) < 4.78 is 2.25. The molecule has 5 nitrogen and oxygen atoms in total. The maximum absolute atomic E-state index is 12.9. The van der Waals surface area contributed by atoms with Gasteiger partial charge in [-0.1, -0.05) is 24.1 Å². The number of imidazole rings is 1. The molecule has 1 amide bonds. The molecule has 2 aromatic rings. The van der Waals surface area contributed by atoms with E-state index in [9.17, 15) is 4.79 Å². The number of benzene rings is 1. The molecule has 0 unspecified atom stereocenters. The predicted octanol–water partition coefficient (Wildman–Crippen LogP) is 3.22. The molecule has 1 saturated heterocycles. The molecule has 25 heavy (non-hydrogen) atoms. The first kappa shape index (κ1) is 16.6. The number of fused-ring (bicyclic) bond motifs is 1. The van der Waals surface area contributed by atoms with E-state index in [1.54, 1.807) is 12.1 Å². The van der Waals surface area contributed by atoms with E-state index in [0.717, 1.165) is 25.3 Å². The van der Waals surface area contributed by atoms with E-state index < -0.39 is 0 Å². The Hall–Kier alpha value is -1.85. The van der Waals surface area contributed by atoms with Gasteiger partial charge in [-0.15, -0.1) is 0 Å². The summed E-state index contributed by atoms with van der Waals surface area (Å²) in [5.74, 6) is 0.0404. The maximum Gasteiger partial charge on any atom is 0.254 e. The van der Waals surface area contributed by atoms with E-state index in [1.807, 2.05) is 29.6 Å². The predicted molar refractivity (Wildman–Crippen MR) is 97.7 cm³/mol. The minimum absolute atomic E-state index is 0.0404. The highest BCUT2D eigenvalue weighted by Gasteiger charge is 2.30. The zero-order chi connectivity index (χ0) is 17.2. The number of likely N-dealkylation sites (tertiary alicyclic amines) is 1. The van der Waals surface area contributed by atoms with Crippen molar-refractivity contribution in [3.8, 4) is 0 Å². The smallest absolute Gasteiger partial charge is 0.254 e. The second kappa shape index (κ2) is 7.18. The molecule has 2 aliphatic heterocycles. The molecule has 6 heteroatoms. The van der Waals surface area contributed by atoms with Crippen molar-refractivity contribution in [2.45, 2.75) is 31.8 Å². The van der Waals surface area contributed by atoms with Crippen LogP contribution in [0.15, 0.2) is 36.8 Å². The highest BCUT2D eigenvalue weighted by molar-refractivity contribution is 6.30. The molecule has 0 aliphatic carbocycles. The summed E-state index contributed by atoms with van der Waals surface area (Å²) in [6.45, 7) is 4.60. The largest absolute Gasteiger partial charge is 0.331 e. The number of rotatable bonds is 3. The van der Waals surface area contributed by atoms with E-state index in [0.29, 0.717) is 23.7 Å². The number of hydrogen-bond acceptors (Lipinski definition) is 3. The molecule has 1 atom stereocenters. The number of carbonyl (C=O) groups is 1. The van der Waals surface area contributed by atoms with Gasteiger partial charge in [-0.2, -0.15) is 0 Å². The first-order chi connectivity index (χ1) is 12.2. The fourth-order valence-corrected chi connectivity index (χ4v) is 4.12. The molecule has 0 N–H and O–H groups in total. The zero-order valence-electron chi connectivity index (χ0n) is 14.3. The Morgan fingerprint density at radius 3 is 2.88 bits per heavy atom. The third kappa shape index (κ3) is 3.58. The third-order valence-electron chi connectivity index (χ3n) is 5.20. The van der Waals surface area contributed by atoms with Gasteiger partial charge in [0.05, 0.1) is 24.6 Å². The van der Waals surface area contributed by atoms with Gasteiger partial charge < -0.3 is 14.4 Å². The number of carbonyl (C=O) groups excluding carboxylic acids is 1. The van der Waals surface area contributed by atoms with E-state index in [1.165, 1.54) is 19.3 Å². The van der Waals surface area contributed by atoms with Gasteiger partial charge >= 0.3 is 0 Å². The molecule has 1 aromatic carbocycles. The van der Waals surface area contributed by atoms with E-state index in [-0.39, 0.29) is 11.9 Å². The van der Waals surface area contributed by atoms with Gasteiger partial charge in [-0.25, -0.2) is 4.98 Å². The van der Waals surface area contributed by atoms with Gasteiger partial charge in [0.15, 0.2) is 0 Å². The zero-order valence-corrected chi connectivity index (χ0v) is 15.0. The molecule has 2 aliphatic rings. The summed E-state index contributed by atoms with van der Waals surface area (Å²) in [5.41, 5.74) is 1.75. The summed E-state index contributed by atoms with van der Waals surface area (Å²) in [7, 11) is 0. The SMILES string of the molecule is O=C(c1cccc(Cl)c1)N1Cc2cncn2[C@H](CN2CCCCC2)C1. The molecule has 4 rings (SSSR count). The van der Waals surface area contributed by atoms with Gasteiger partial charge in [0, 0.05) is 29.9 Å². The van der Waals surface area contributed by atoms with Crippen LogP contribution in [0.25, 0.3) is 0 Å². The molecule has 132 valence electrons. The average Bonchev–Trinajstić information content (AvgIpc) is 3.11. The first-order valence-electron chi connectivity index (χ1n) is 8.98. The number of aromatic nitrogens is 2. The fraction of sp³-hybridized carbons (Fsp3) is 0.474. The van der Waals surface area contributed by atoms with Crippen molar-refractivity contribution in [3.05, 3.63) is 53.1 Å². The molecule has 0 radical (unpaired) electrons. The van der Waals surface area contributed by atoms with Crippen molar-refractivity contribution in [3.63, 3.8) is 0 Å². The van der Waals surface area contributed by atoms with Crippen LogP contribution in [0.2, 0.25) is 5.02 Å². The first-order valence-corrected chi connectivity index (χ1v) is 9.36. The Kier molecular flexibility index (Phi) is 4.77. The molecule has 1 fully saturated rings. The summed E-state index contributed by atoms with van der Waals surface area (Å²) in [4.78, 5) is 21.7. The average molecular weight is 359 g/mol. The fourth-order valence-electron chi connectivity index (χ4n) is 3.93. The lowest BCUT2D eigenvalue weighted by Crippen LogP contribution is -2.45. The Labute approximate surface area is 153 Å². The van der Waals surface area contributed by atoms with Crippen molar-refractivity contribution in [1.29, 1.82) is 0 Å². The van der Waals surface area contributed by atoms with Crippen LogP contribution in [0.5, 0.6) is 0 Å². The van der Waals surface area contributed by atoms with Gasteiger partial charge in [-0.05, 0) is 44.1 Å². The second-order valence-corrected chi connectivity index (χ2v) is 7.44. The highest BCUT2D eigenvalue weighted by Crippen LogP contribution is 2.25. The monoisotopic (exact) mass is 358 g/mol. The van der Waals surface area contributed by atoms with Crippen LogP contribution >= 0.6 is 11.6 Å². The highest BCUT2D eigenvalue weighted by atomic mass is 35.5. The number of nitrogens with zero attached hydrogens (tertiary/aromatic N) is 4. The van der Waals surface area contributed by atoms with E-state index >= 15 is 0 Å². The van der Waals surface area contributed by atoms with Crippen LogP contribution in [-0.4, -0.2) is 51.4 Å². The topological polar surface area (TPSA) is 41.4 Å². The summed E-state index contributed by atoms with van der Waals surface area (Å²) >= 11 is 6.06. The van der Waals surface area contributed by atoms with Gasteiger partial charge in [0.1, 0.15) is 0 Å². The number of piperidine rings is 1. The summed E-state index contributed by atoms with van der Waals surface area (Å²) in [5, 5.41) is 0.595. The van der Waals surface area contributed by atoms with Crippen molar-refractivity contribution in [2.75, 3.05) is 26.2 Å². The molecule has 1 aromatic heterocycles. The molecule has 0 bridgehead atoms. The van der Waals surface area contributed by atoms with E-state index in [2.05, 4.69) is 14.5 Å². The van der Waals surface area contributed by atoms with Crippen LogP contribution < -0.4 is 0 Å². The lowest BCUT2D eigenvalue weighted by molar-refractivity contribution is 0.0645. The van der Waals surface area contributed by atoms with Gasteiger partial charge in [-0.3, -0.25) is 4.79 Å². The summed E-state index contributed by atoms with van der Waals surface area (Å²) in [6, 6.07) is 7.46. The van der Waals surface area contributed by atoms with Crippen molar-refractivity contribution in [2.24, 2.45) is 0 Å². The quantitative estimate of drug-likeness (QED) is 0.846. The van der Waals surface area contributed by atoms with Crippen molar-refractivity contribution < 1.29 is 4.79 Å². The lowest BCUT2D eigenvalue weighted by atomic mass is 10.1. The minimum atomic E-state index is 0.0404. The number of halogens is 1. The van der Waals surface area contributed by atoms with Crippen molar-refractivity contribution >= 4 is 17.5 Å². The third-order valence-corrected chi connectivity index (χ3v) is 5.44. The standard InChI is InChI=1S/C19H23ClN4O/c20-16-6-4-5-15(9-16)19(25)23-12-17-10-21-14-24(17)18(13-23)11-22-7-2-1-3-8-22/h4-6,9-10,14,18H,1-3,7-8,11-13H2/t18-/m1/s1. The van der Waals surface area contributed by atoms with Crippen LogP contribution in [-0.2, 0) is 6.54 Å². The van der Waals surface area contributed by atoms with Gasteiger partial charge in [0.25, 0.3) is 5.91 Å². The Morgan fingerprint density at radius 1 is 1.24 bits per heavy atom. The van der Waals surface area contributed by atoms with E-state index in [4.69, 9.17) is 11.6 Å². The molecule has 3 heterocycles. The Bertz CT molecular complexity index is 753. The number of hydrogen-bond donors (Lipinski definition) is 0. The number of amides is 1. The van der Waals surface area contributed by atoms with Crippen LogP contribution in [0.3, 0.4) is 0 Å². The molecule has 0 saturated carbocycles. The van der Waals surface area contributed by atoms with Crippen LogP contribution in [0.1, 0.15) is 41.4 Å². The van der Waals surface area contributed by atoms with Crippen molar-refractivity contribution in [1.82, 2.24) is 19.4 Å². The second-order valence-electron chi connectivity index (χ2n) is 7.00. The van der Waals surface area contributed by atoms with Crippen LogP contribution in [0.4, 0.5) is 0 Å². The normalized spacial score (nSPS) is 21.2. The summed E-state index contributed by atoms with van der Waals surface area (Å²) in [6.07, 6.45) is 7.66. The van der Waals surface area contributed by atoms with Gasteiger partial charge in [0.2, 0.25) is 0 Å². The minimum Gasteiger partial charge on any atom is -0.331 e.